The predicted molar refractivity (Wildman–Crippen MR) is 119 cm³/mol. The van der Waals surface area contributed by atoms with Crippen LogP contribution in [0.15, 0.2) is 24.3 Å². The van der Waals surface area contributed by atoms with E-state index in [0.717, 1.165) is 42.4 Å². The number of carbonyl (C=O) groups excluding carboxylic acids is 2. The molecular weight excluding hydrogens is 424 g/mol. The summed E-state index contributed by atoms with van der Waals surface area (Å²) in [6.07, 6.45) is 4.93. The predicted octanol–water partition coefficient (Wildman–Crippen LogP) is 3.84. The van der Waals surface area contributed by atoms with E-state index in [1.165, 1.54) is 15.6 Å². The molecule has 7 nitrogen and oxygen atoms in total. The van der Waals surface area contributed by atoms with Crippen molar-refractivity contribution in [1.29, 1.82) is 0 Å². The number of benzene rings is 1. The lowest BCUT2D eigenvalue weighted by atomic mass is 9.95. The average molecular weight is 451 g/mol. The van der Waals surface area contributed by atoms with Gasteiger partial charge in [-0.2, -0.15) is 0 Å². The number of amides is 1. The second kappa shape index (κ2) is 9.18. The van der Waals surface area contributed by atoms with Crippen molar-refractivity contribution < 1.29 is 22.7 Å². The van der Waals surface area contributed by atoms with Crippen LogP contribution >= 0.6 is 11.3 Å². The van der Waals surface area contributed by atoms with E-state index in [2.05, 4.69) is 5.32 Å². The molecule has 0 saturated carbocycles. The highest BCUT2D eigenvalue weighted by atomic mass is 32.2. The Morgan fingerprint density at radius 2 is 1.80 bits per heavy atom. The maximum absolute atomic E-state index is 12.8. The van der Waals surface area contributed by atoms with Crippen molar-refractivity contribution in [2.24, 2.45) is 0 Å². The zero-order chi connectivity index (χ0) is 21.9. The third-order valence-electron chi connectivity index (χ3n) is 4.98. The summed E-state index contributed by atoms with van der Waals surface area (Å²) in [6, 6.07) is 6.36. The van der Waals surface area contributed by atoms with Crippen molar-refractivity contribution in [1.82, 2.24) is 0 Å². The lowest BCUT2D eigenvalue weighted by Crippen LogP contribution is -2.29. The number of anilines is 2. The van der Waals surface area contributed by atoms with Crippen LogP contribution in [0.5, 0.6) is 0 Å². The Bertz CT molecular complexity index is 1040. The van der Waals surface area contributed by atoms with Gasteiger partial charge in [-0.3, -0.25) is 9.10 Å². The van der Waals surface area contributed by atoms with Gasteiger partial charge in [-0.1, -0.05) is 0 Å². The van der Waals surface area contributed by atoms with Crippen LogP contribution in [0, 0.1) is 0 Å². The fraction of sp³-hybridized carbons (Fsp3) is 0.429. The Balaban J connectivity index is 1.86. The second-order valence-corrected chi connectivity index (χ2v) is 10.1. The molecule has 0 fully saturated rings. The van der Waals surface area contributed by atoms with Crippen LogP contribution in [0.2, 0.25) is 0 Å². The molecule has 1 heterocycles. The number of nitrogens with one attached hydrogen (secondary N) is 1. The minimum atomic E-state index is -3.39. The Morgan fingerprint density at radius 3 is 2.40 bits per heavy atom. The summed E-state index contributed by atoms with van der Waals surface area (Å²) in [5, 5.41) is 3.38. The van der Waals surface area contributed by atoms with Gasteiger partial charge in [0.2, 0.25) is 10.0 Å². The van der Waals surface area contributed by atoms with Crippen molar-refractivity contribution in [3.63, 3.8) is 0 Å². The van der Waals surface area contributed by atoms with Crippen molar-refractivity contribution in [3.05, 3.63) is 45.8 Å². The minimum Gasteiger partial charge on any atom is -0.462 e. The van der Waals surface area contributed by atoms with Crippen LogP contribution in [0.1, 0.15) is 57.8 Å². The summed E-state index contributed by atoms with van der Waals surface area (Å²) in [6.45, 7) is 4.07. The summed E-state index contributed by atoms with van der Waals surface area (Å²) in [5.41, 5.74) is 2.33. The lowest BCUT2D eigenvalue weighted by molar-refractivity contribution is 0.0526. The first-order valence-electron chi connectivity index (χ1n) is 9.97. The number of rotatable bonds is 7. The molecule has 2 aromatic rings. The Hall–Kier alpha value is -2.39. The fourth-order valence-corrected chi connectivity index (χ4v) is 5.88. The van der Waals surface area contributed by atoms with Crippen LogP contribution in [-0.2, 0) is 27.6 Å². The molecule has 1 aliphatic carbocycles. The van der Waals surface area contributed by atoms with E-state index in [4.69, 9.17) is 4.74 Å². The number of aryl methyl sites for hydroxylation is 1. The van der Waals surface area contributed by atoms with Gasteiger partial charge in [0.05, 0.1) is 24.1 Å². The van der Waals surface area contributed by atoms with E-state index in [-0.39, 0.29) is 12.5 Å². The SMILES string of the molecule is CCOC(=O)c1c(NC(=O)c2ccc(N(CC)S(C)(=O)=O)cc2)sc2c1CCCC2. The molecule has 0 radical (unpaired) electrons. The number of thiophene rings is 1. The molecule has 30 heavy (non-hydrogen) atoms. The second-order valence-electron chi connectivity index (χ2n) is 7.06. The highest BCUT2D eigenvalue weighted by Crippen LogP contribution is 2.38. The molecule has 0 bridgehead atoms. The summed E-state index contributed by atoms with van der Waals surface area (Å²) in [4.78, 5) is 26.5. The smallest absolute Gasteiger partial charge is 0.341 e. The highest BCUT2D eigenvalue weighted by molar-refractivity contribution is 7.92. The van der Waals surface area contributed by atoms with Crippen LogP contribution in [-0.4, -0.2) is 39.7 Å². The average Bonchev–Trinajstić information content (AvgIpc) is 3.06. The summed E-state index contributed by atoms with van der Waals surface area (Å²) in [7, 11) is -3.39. The number of ether oxygens (including phenoxy) is 1. The van der Waals surface area contributed by atoms with E-state index < -0.39 is 16.0 Å². The van der Waals surface area contributed by atoms with Gasteiger partial charge >= 0.3 is 5.97 Å². The van der Waals surface area contributed by atoms with Gasteiger partial charge in [0.25, 0.3) is 5.91 Å². The van der Waals surface area contributed by atoms with E-state index in [9.17, 15) is 18.0 Å². The monoisotopic (exact) mass is 450 g/mol. The van der Waals surface area contributed by atoms with E-state index in [1.54, 1.807) is 38.1 Å². The normalized spacial score (nSPS) is 13.4. The molecule has 1 aromatic heterocycles. The zero-order valence-electron chi connectivity index (χ0n) is 17.4. The first-order chi connectivity index (χ1) is 14.3. The van der Waals surface area contributed by atoms with Crippen molar-refractivity contribution in [2.75, 3.05) is 29.0 Å². The lowest BCUT2D eigenvalue weighted by Gasteiger charge is -2.20. The number of sulfonamides is 1. The number of carbonyl (C=O) groups is 2. The van der Waals surface area contributed by atoms with Gasteiger partial charge in [0.1, 0.15) is 5.00 Å². The summed E-state index contributed by atoms with van der Waals surface area (Å²) in [5.74, 6) is -0.762. The third-order valence-corrected chi connectivity index (χ3v) is 7.46. The molecule has 0 unspecified atom stereocenters. The molecule has 3 rings (SSSR count). The van der Waals surface area contributed by atoms with Crippen LogP contribution in [0.25, 0.3) is 0 Å². The Labute approximate surface area is 181 Å². The summed E-state index contributed by atoms with van der Waals surface area (Å²) >= 11 is 1.43. The number of hydrogen-bond acceptors (Lipinski definition) is 6. The van der Waals surface area contributed by atoms with Gasteiger partial charge in [0.15, 0.2) is 0 Å². The molecule has 1 aromatic carbocycles. The number of hydrogen-bond donors (Lipinski definition) is 1. The fourth-order valence-electron chi connectivity index (χ4n) is 3.64. The first-order valence-corrected chi connectivity index (χ1v) is 12.6. The van der Waals surface area contributed by atoms with Crippen molar-refractivity contribution >= 4 is 43.9 Å². The zero-order valence-corrected chi connectivity index (χ0v) is 19.0. The molecule has 0 aliphatic heterocycles. The van der Waals surface area contributed by atoms with Gasteiger partial charge < -0.3 is 10.1 Å². The van der Waals surface area contributed by atoms with Crippen LogP contribution in [0.4, 0.5) is 10.7 Å². The standard InChI is InChI=1S/C21H26N2O5S2/c1-4-23(30(3,26)27)15-12-10-14(11-13-15)19(24)22-20-18(21(25)28-5-2)16-8-6-7-9-17(16)29-20/h10-13H,4-9H2,1-3H3,(H,22,24). The maximum atomic E-state index is 12.8. The quantitative estimate of drug-likeness (QED) is 0.647. The van der Waals surface area contributed by atoms with Gasteiger partial charge in [-0.05, 0) is 69.4 Å². The minimum absolute atomic E-state index is 0.270. The Morgan fingerprint density at radius 1 is 1.13 bits per heavy atom. The molecule has 162 valence electrons. The number of nitrogens with zero attached hydrogens (tertiary/aromatic N) is 1. The molecule has 1 N–H and O–H groups in total. The molecule has 0 saturated heterocycles. The van der Waals surface area contributed by atoms with Gasteiger partial charge in [-0.25, -0.2) is 13.2 Å². The van der Waals surface area contributed by atoms with E-state index >= 15 is 0 Å². The third kappa shape index (κ3) is 4.67. The van der Waals surface area contributed by atoms with Crippen molar-refractivity contribution in [2.45, 2.75) is 39.5 Å². The van der Waals surface area contributed by atoms with Gasteiger partial charge in [-0.15, -0.1) is 11.3 Å². The molecule has 1 aliphatic rings. The van der Waals surface area contributed by atoms with Crippen LogP contribution in [0.3, 0.4) is 0 Å². The Kier molecular flexibility index (Phi) is 6.82. The topological polar surface area (TPSA) is 92.8 Å². The molecule has 0 atom stereocenters. The maximum Gasteiger partial charge on any atom is 0.341 e. The largest absolute Gasteiger partial charge is 0.462 e. The molecule has 0 spiro atoms. The van der Waals surface area contributed by atoms with Gasteiger partial charge in [0, 0.05) is 17.0 Å². The summed E-state index contributed by atoms with van der Waals surface area (Å²) < 4.78 is 30.2. The molecular formula is C21H26N2O5S2. The molecule has 1 amide bonds. The van der Waals surface area contributed by atoms with Crippen LogP contribution < -0.4 is 9.62 Å². The van der Waals surface area contributed by atoms with E-state index in [0.29, 0.717) is 28.4 Å². The number of fused-ring (bicyclic) bond motifs is 1. The molecule has 9 heteroatoms. The highest BCUT2D eigenvalue weighted by Gasteiger charge is 2.27. The first kappa shape index (κ1) is 22.3. The van der Waals surface area contributed by atoms with E-state index in [1.807, 2.05) is 0 Å². The number of esters is 1. The van der Waals surface area contributed by atoms with Crippen molar-refractivity contribution in [3.8, 4) is 0 Å².